The zero-order chi connectivity index (χ0) is 28.4. The highest BCUT2D eigenvalue weighted by Crippen LogP contribution is 2.41. The second-order valence-corrected chi connectivity index (χ2v) is 8.93. The summed E-state index contributed by atoms with van der Waals surface area (Å²) >= 11 is 0. The van der Waals surface area contributed by atoms with Gasteiger partial charge in [-0.1, -0.05) is 6.82 Å². The van der Waals surface area contributed by atoms with Crippen LogP contribution in [0.4, 0.5) is 25.0 Å². The summed E-state index contributed by atoms with van der Waals surface area (Å²) in [7, 11) is 5.84. The first-order valence-electron chi connectivity index (χ1n) is 12.0. The number of aryl methyl sites for hydroxylation is 1. The van der Waals surface area contributed by atoms with Crippen LogP contribution in [0.5, 0.6) is 11.5 Å². The first-order valence-corrected chi connectivity index (χ1v) is 12.0. The SMILES string of the molecule is C[B]/C=C(\C(C)=N)c1cc2c(cn1)CN(c1c(F)c(OC)cc(OC)c1F)C(=O)N2Cc1ccn(C)c(=O)c1. The number of benzene rings is 1. The van der Waals surface area contributed by atoms with Gasteiger partial charge in [-0.2, -0.15) is 0 Å². The van der Waals surface area contributed by atoms with Crippen LogP contribution in [-0.2, 0) is 20.1 Å². The van der Waals surface area contributed by atoms with Crippen LogP contribution < -0.4 is 24.8 Å². The maximum atomic E-state index is 15.5. The summed E-state index contributed by atoms with van der Waals surface area (Å²) in [5, 5.41) is 8.15. The van der Waals surface area contributed by atoms with Crippen molar-refractivity contribution in [1.82, 2.24) is 9.55 Å². The number of rotatable bonds is 8. The Balaban J connectivity index is 1.91. The van der Waals surface area contributed by atoms with E-state index in [0.29, 0.717) is 28.1 Å². The van der Waals surface area contributed by atoms with Crippen LogP contribution >= 0.6 is 0 Å². The molecule has 39 heavy (non-hydrogen) atoms. The Labute approximate surface area is 225 Å². The maximum Gasteiger partial charge on any atom is 0.329 e. The number of fused-ring (bicyclic) bond motifs is 1. The normalized spacial score (nSPS) is 13.3. The quantitative estimate of drug-likeness (QED) is 0.342. The number of anilines is 2. The number of nitrogens with one attached hydrogen (secondary N) is 1. The van der Waals surface area contributed by atoms with Crippen molar-refractivity contribution in [2.45, 2.75) is 26.8 Å². The third kappa shape index (κ3) is 5.14. The molecule has 0 saturated heterocycles. The van der Waals surface area contributed by atoms with Gasteiger partial charge < -0.3 is 19.5 Å². The van der Waals surface area contributed by atoms with Gasteiger partial charge in [-0.25, -0.2) is 13.6 Å². The van der Waals surface area contributed by atoms with Gasteiger partial charge in [0.2, 0.25) is 0 Å². The lowest BCUT2D eigenvalue weighted by Gasteiger charge is -2.37. The van der Waals surface area contributed by atoms with Gasteiger partial charge in [-0.05, 0) is 24.6 Å². The van der Waals surface area contributed by atoms with Gasteiger partial charge >= 0.3 is 6.03 Å². The highest BCUT2D eigenvalue weighted by atomic mass is 19.1. The Morgan fingerprint density at radius 2 is 1.82 bits per heavy atom. The number of hydrogen-bond donors (Lipinski definition) is 1. The topological polar surface area (TPSA) is 101 Å². The molecule has 1 aromatic carbocycles. The van der Waals surface area contributed by atoms with E-state index in [1.165, 1.54) is 35.9 Å². The van der Waals surface area contributed by atoms with Crippen molar-refractivity contribution in [2.24, 2.45) is 7.05 Å². The molecule has 1 N–H and O–H groups in total. The van der Waals surface area contributed by atoms with E-state index in [4.69, 9.17) is 14.9 Å². The first kappa shape index (κ1) is 27.6. The predicted molar refractivity (Wildman–Crippen MR) is 146 cm³/mol. The smallest absolute Gasteiger partial charge is 0.329 e. The molecule has 4 rings (SSSR count). The number of halogens is 2. The minimum Gasteiger partial charge on any atom is -0.493 e. The molecule has 0 atom stereocenters. The summed E-state index contributed by atoms with van der Waals surface area (Å²) in [6.45, 7) is 3.19. The molecule has 0 bridgehead atoms. The van der Waals surface area contributed by atoms with Crippen molar-refractivity contribution in [3.63, 3.8) is 0 Å². The molecule has 12 heteroatoms. The number of methoxy groups -OCH3 is 2. The molecule has 0 saturated carbocycles. The van der Waals surface area contributed by atoms with Crippen LogP contribution in [0.2, 0.25) is 6.82 Å². The van der Waals surface area contributed by atoms with Crippen LogP contribution in [0.3, 0.4) is 0 Å². The molecule has 9 nitrogen and oxygen atoms in total. The summed E-state index contributed by atoms with van der Waals surface area (Å²) in [5.74, 6) is -0.962. The number of carbonyl (C=O) groups is 1. The van der Waals surface area contributed by atoms with Gasteiger partial charge in [0.25, 0.3) is 5.56 Å². The number of amides is 2. The fraction of sp³-hybridized carbons (Fsp3) is 0.259. The third-order valence-corrected chi connectivity index (χ3v) is 6.39. The largest absolute Gasteiger partial charge is 0.493 e. The number of carbonyl (C=O) groups excluding carboxylic acids is 1. The van der Waals surface area contributed by atoms with E-state index in [1.807, 2.05) is 6.82 Å². The van der Waals surface area contributed by atoms with Crippen molar-refractivity contribution >= 4 is 36.0 Å². The lowest BCUT2D eigenvalue weighted by molar-refractivity contribution is 0.249. The van der Waals surface area contributed by atoms with E-state index in [-0.39, 0.29) is 35.9 Å². The minimum absolute atomic E-state index is 0.0608. The average molecular weight is 534 g/mol. The molecule has 1 aliphatic heterocycles. The Kier molecular flexibility index (Phi) is 7.84. The van der Waals surface area contributed by atoms with E-state index in [0.717, 1.165) is 11.0 Å². The predicted octanol–water partition coefficient (Wildman–Crippen LogP) is 4.36. The molecule has 1 radical (unpaired) electrons. The average Bonchev–Trinajstić information content (AvgIpc) is 2.91. The highest BCUT2D eigenvalue weighted by Gasteiger charge is 2.37. The Morgan fingerprint density at radius 3 is 2.38 bits per heavy atom. The zero-order valence-corrected chi connectivity index (χ0v) is 22.2. The molecule has 2 amide bonds. The van der Waals surface area contributed by atoms with Gasteiger partial charge in [0, 0.05) is 48.4 Å². The lowest BCUT2D eigenvalue weighted by atomic mass is 9.79. The summed E-state index contributed by atoms with van der Waals surface area (Å²) in [6.07, 6.45) is 3.09. The third-order valence-electron chi connectivity index (χ3n) is 6.39. The van der Waals surface area contributed by atoms with Gasteiger partial charge in [0.15, 0.2) is 23.1 Å². The second-order valence-electron chi connectivity index (χ2n) is 8.93. The molecule has 0 aliphatic carbocycles. The van der Waals surface area contributed by atoms with Gasteiger partial charge in [0.1, 0.15) is 13.0 Å². The van der Waals surface area contributed by atoms with Crippen LogP contribution in [0.25, 0.3) is 5.57 Å². The summed E-state index contributed by atoms with van der Waals surface area (Å²) < 4.78 is 42.4. The second kappa shape index (κ2) is 11.1. The van der Waals surface area contributed by atoms with E-state index in [2.05, 4.69) is 4.98 Å². The van der Waals surface area contributed by atoms with Crippen LogP contribution in [0.1, 0.15) is 23.7 Å². The minimum atomic E-state index is -1.06. The monoisotopic (exact) mass is 534 g/mol. The molecule has 0 unspecified atom stereocenters. The molecule has 3 aromatic rings. The molecule has 0 fully saturated rings. The number of allylic oxidation sites excluding steroid dienone is 1. The van der Waals surface area contributed by atoms with E-state index in [1.54, 1.807) is 45.6 Å². The van der Waals surface area contributed by atoms with Crippen LogP contribution in [0, 0.1) is 17.0 Å². The summed E-state index contributed by atoms with van der Waals surface area (Å²) in [5.41, 5.74) is 1.84. The summed E-state index contributed by atoms with van der Waals surface area (Å²) in [4.78, 5) is 33.0. The molecule has 3 heterocycles. The van der Waals surface area contributed by atoms with Crippen LogP contribution in [-0.4, -0.2) is 42.8 Å². The van der Waals surface area contributed by atoms with Crippen molar-refractivity contribution < 1.29 is 23.0 Å². The molecule has 1 aliphatic rings. The molecule has 2 aromatic heterocycles. The van der Waals surface area contributed by atoms with Gasteiger partial charge in [0.05, 0.1) is 38.7 Å². The van der Waals surface area contributed by atoms with Crippen molar-refractivity contribution in [3.05, 3.63) is 81.4 Å². The van der Waals surface area contributed by atoms with Gasteiger partial charge in [-0.3, -0.25) is 19.6 Å². The van der Waals surface area contributed by atoms with Gasteiger partial charge in [-0.15, -0.1) is 5.98 Å². The van der Waals surface area contributed by atoms with Crippen molar-refractivity contribution in [3.8, 4) is 11.5 Å². The number of hydrogen-bond acceptors (Lipinski definition) is 6. The Bertz CT molecular complexity index is 1530. The Hall–Kier alpha value is -4.48. The standard InChI is InChI=1S/C27H27BF2N5O4/c1-15(31)18(11-28-2)19-9-20-17(12-32-19)14-35(26-24(29)21(38-4)10-22(39-5)25(26)30)27(37)34(20)13-16-6-7-33(3)23(36)8-16/h6-12,31H,13-14H2,1-5H3/b18-11+,31-15?. The molecular weight excluding hydrogens is 507 g/mol. The molecule has 0 spiro atoms. The zero-order valence-electron chi connectivity index (χ0n) is 22.2. The van der Waals surface area contributed by atoms with E-state index in [9.17, 15) is 9.59 Å². The maximum absolute atomic E-state index is 15.5. The van der Waals surface area contributed by atoms with E-state index >= 15 is 8.78 Å². The molecule has 201 valence electrons. The first-order chi connectivity index (χ1) is 18.6. The number of nitrogens with zero attached hydrogens (tertiary/aromatic N) is 4. The molecular formula is C27H27BF2N5O4. The van der Waals surface area contributed by atoms with Crippen molar-refractivity contribution in [1.29, 1.82) is 5.41 Å². The number of pyridine rings is 2. The van der Waals surface area contributed by atoms with Crippen molar-refractivity contribution in [2.75, 3.05) is 24.0 Å². The number of aromatic nitrogens is 2. The van der Waals surface area contributed by atoms with E-state index < -0.39 is 23.4 Å². The Morgan fingerprint density at radius 1 is 1.15 bits per heavy atom. The fourth-order valence-electron chi connectivity index (χ4n) is 4.36. The highest BCUT2D eigenvalue weighted by molar-refractivity contribution is 6.45. The summed E-state index contributed by atoms with van der Waals surface area (Å²) in [6, 6.07) is 5.08. The lowest BCUT2D eigenvalue weighted by Crippen LogP contribution is -2.48. The number of urea groups is 1. The van der Waals surface area contributed by atoms with Crippen LogP contribution in [0.15, 0.2) is 47.4 Å². The number of ether oxygens (including phenoxy) is 2. The fourth-order valence-corrected chi connectivity index (χ4v) is 4.36.